The molecular formula is C15H19F3O3SSi. The van der Waals surface area contributed by atoms with Crippen LogP contribution in [-0.4, -0.2) is 25.6 Å². The predicted molar refractivity (Wildman–Crippen MR) is 86.0 cm³/mol. The Kier molecular flexibility index (Phi) is 5.74. The van der Waals surface area contributed by atoms with E-state index in [9.17, 15) is 22.8 Å². The Morgan fingerprint density at radius 2 is 1.61 bits per heavy atom. The summed E-state index contributed by atoms with van der Waals surface area (Å²) in [6.07, 6.45) is -4.96. The quantitative estimate of drug-likeness (QED) is 0.557. The van der Waals surface area contributed by atoms with Crippen LogP contribution in [0, 0.1) is 0 Å². The Morgan fingerprint density at radius 1 is 1.09 bits per heavy atom. The van der Waals surface area contributed by atoms with Crippen LogP contribution < -0.4 is 0 Å². The van der Waals surface area contributed by atoms with Crippen molar-refractivity contribution in [3.63, 3.8) is 0 Å². The van der Waals surface area contributed by atoms with Gasteiger partial charge in [0.1, 0.15) is 0 Å². The van der Waals surface area contributed by atoms with Crippen LogP contribution in [0.25, 0.3) is 0 Å². The molecule has 0 aliphatic carbocycles. The van der Waals surface area contributed by atoms with Crippen LogP contribution in [-0.2, 0) is 9.22 Å². The maximum absolute atomic E-state index is 12.4. The highest BCUT2D eigenvalue weighted by molar-refractivity contribution is 8.13. The minimum Gasteiger partial charge on any atom is -0.516 e. The van der Waals surface area contributed by atoms with E-state index in [1.807, 2.05) is 33.9 Å². The minimum atomic E-state index is -4.96. The lowest BCUT2D eigenvalue weighted by molar-refractivity contribution is -0.160. The number of halogens is 3. The summed E-state index contributed by atoms with van der Waals surface area (Å²) >= 11 is -0.0103. The second-order valence-electron chi connectivity index (χ2n) is 6.53. The standard InChI is InChI=1S/C15H19F3O3SSi/c1-14(2,3)23(4,5)21-12(19)10-8-6-7-9-11(10)22-13(20)15(16,17)18/h6-9H,1-5H3. The molecule has 0 spiro atoms. The molecule has 0 amide bonds. The monoisotopic (exact) mass is 364 g/mol. The number of alkyl halides is 3. The molecule has 1 aromatic rings. The topological polar surface area (TPSA) is 43.4 Å². The van der Waals surface area contributed by atoms with Crippen molar-refractivity contribution in [2.45, 2.75) is 50.0 Å². The molecule has 0 N–H and O–H groups in total. The number of benzene rings is 1. The molecule has 0 fully saturated rings. The van der Waals surface area contributed by atoms with Crippen LogP contribution >= 0.6 is 11.8 Å². The number of carbonyl (C=O) groups excluding carboxylic acids is 2. The molecule has 0 aliphatic rings. The van der Waals surface area contributed by atoms with Crippen LogP contribution in [0.1, 0.15) is 31.1 Å². The van der Waals surface area contributed by atoms with E-state index in [-0.39, 0.29) is 27.3 Å². The summed E-state index contributed by atoms with van der Waals surface area (Å²) in [5, 5.41) is -2.20. The van der Waals surface area contributed by atoms with E-state index < -0.39 is 25.6 Å². The first-order valence-electron chi connectivity index (χ1n) is 6.87. The van der Waals surface area contributed by atoms with Crippen LogP contribution in [0.4, 0.5) is 13.2 Å². The van der Waals surface area contributed by atoms with Gasteiger partial charge in [-0.3, -0.25) is 4.79 Å². The van der Waals surface area contributed by atoms with Gasteiger partial charge in [0, 0.05) is 4.90 Å². The number of carbonyl (C=O) groups is 2. The molecule has 1 rings (SSSR count). The fourth-order valence-electron chi connectivity index (χ4n) is 1.32. The van der Waals surface area contributed by atoms with Crippen molar-refractivity contribution in [2.75, 3.05) is 0 Å². The molecule has 3 nitrogen and oxygen atoms in total. The highest BCUT2D eigenvalue weighted by Gasteiger charge is 2.42. The fraction of sp³-hybridized carbons (Fsp3) is 0.467. The summed E-state index contributed by atoms with van der Waals surface area (Å²) in [7, 11) is -2.42. The third-order valence-electron chi connectivity index (χ3n) is 3.70. The van der Waals surface area contributed by atoms with E-state index in [2.05, 4.69) is 0 Å². The first kappa shape index (κ1) is 19.8. The smallest absolute Gasteiger partial charge is 0.461 e. The zero-order chi connectivity index (χ0) is 18.1. The average Bonchev–Trinajstić information content (AvgIpc) is 2.36. The van der Waals surface area contributed by atoms with Crippen LogP contribution in [0.3, 0.4) is 0 Å². The summed E-state index contributed by atoms with van der Waals surface area (Å²) in [6, 6.07) is 5.65. The second kappa shape index (κ2) is 6.68. The molecule has 0 heterocycles. The molecular weight excluding hydrogens is 345 g/mol. The minimum absolute atomic E-state index is 0.0103. The van der Waals surface area contributed by atoms with Crippen LogP contribution in [0.5, 0.6) is 0 Å². The molecule has 1 aromatic carbocycles. The van der Waals surface area contributed by atoms with Gasteiger partial charge in [0.25, 0.3) is 13.4 Å². The van der Waals surface area contributed by atoms with E-state index in [0.717, 1.165) is 0 Å². The van der Waals surface area contributed by atoms with Gasteiger partial charge in [0.05, 0.1) is 5.56 Å². The van der Waals surface area contributed by atoms with Crippen molar-refractivity contribution in [3.05, 3.63) is 29.8 Å². The largest absolute Gasteiger partial charge is 0.516 e. The Labute approximate surface area is 138 Å². The molecule has 128 valence electrons. The van der Waals surface area contributed by atoms with Crippen molar-refractivity contribution in [1.29, 1.82) is 0 Å². The number of rotatable bonds is 3. The molecule has 0 saturated heterocycles. The van der Waals surface area contributed by atoms with Crippen LogP contribution in [0.15, 0.2) is 29.2 Å². The second-order valence-corrected chi connectivity index (χ2v) is 12.3. The fourth-order valence-corrected chi connectivity index (χ4v) is 2.92. The third kappa shape index (κ3) is 5.10. The Bertz CT molecular complexity index is 607. The lowest BCUT2D eigenvalue weighted by Gasteiger charge is -2.35. The summed E-state index contributed by atoms with van der Waals surface area (Å²) in [4.78, 5) is 23.5. The van der Waals surface area contributed by atoms with Gasteiger partial charge in [0.15, 0.2) is 0 Å². The van der Waals surface area contributed by atoms with Gasteiger partial charge in [-0.25, -0.2) is 4.79 Å². The Morgan fingerprint density at radius 3 is 2.09 bits per heavy atom. The van der Waals surface area contributed by atoms with Gasteiger partial charge in [0.2, 0.25) is 0 Å². The van der Waals surface area contributed by atoms with Gasteiger partial charge in [-0.15, -0.1) is 0 Å². The highest BCUT2D eigenvalue weighted by Crippen LogP contribution is 2.38. The van der Waals surface area contributed by atoms with Crippen molar-refractivity contribution >= 4 is 31.2 Å². The first-order valence-corrected chi connectivity index (χ1v) is 10.6. The molecule has 0 unspecified atom stereocenters. The molecule has 0 atom stereocenters. The summed E-state index contributed by atoms with van der Waals surface area (Å²) in [6.45, 7) is 9.56. The van der Waals surface area contributed by atoms with E-state index in [1.165, 1.54) is 24.3 Å². The van der Waals surface area contributed by atoms with E-state index in [4.69, 9.17) is 4.43 Å². The van der Waals surface area contributed by atoms with Crippen molar-refractivity contribution < 1.29 is 27.2 Å². The Balaban J connectivity index is 3.06. The molecule has 23 heavy (non-hydrogen) atoms. The van der Waals surface area contributed by atoms with E-state index >= 15 is 0 Å². The SMILES string of the molecule is CC(C)(C)[Si](C)(C)OC(=O)c1ccccc1SC(=O)C(F)(F)F. The highest BCUT2D eigenvalue weighted by atomic mass is 32.2. The molecule has 0 bridgehead atoms. The van der Waals surface area contributed by atoms with Crippen molar-refractivity contribution in [2.24, 2.45) is 0 Å². The zero-order valence-electron chi connectivity index (χ0n) is 13.6. The van der Waals surface area contributed by atoms with Gasteiger partial charge in [-0.05, 0) is 42.0 Å². The normalized spacial score (nSPS) is 12.9. The van der Waals surface area contributed by atoms with E-state index in [0.29, 0.717) is 0 Å². The number of hydrogen-bond donors (Lipinski definition) is 0. The van der Waals surface area contributed by atoms with E-state index in [1.54, 1.807) is 0 Å². The number of hydrogen-bond acceptors (Lipinski definition) is 4. The molecule has 8 heteroatoms. The van der Waals surface area contributed by atoms with Gasteiger partial charge >= 0.3 is 12.1 Å². The Hall–Kier alpha value is -1.28. The first-order chi connectivity index (χ1) is 10.3. The molecule has 0 saturated carbocycles. The van der Waals surface area contributed by atoms with Gasteiger partial charge in [-0.1, -0.05) is 32.9 Å². The van der Waals surface area contributed by atoms with Crippen molar-refractivity contribution in [1.82, 2.24) is 0 Å². The molecule has 0 radical (unpaired) electrons. The summed E-state index contributed by atoms with van der Waals surface area (Å²) < 4.78 is 42.8. The maximum atomic E-state index is 12.4. The molecule has 0 aromatic heterocycles. The predicted octanol–water partition coefficient (Wildman–Crippen LogP) is 5.03. The lowest BCUT2D eigenvalue weighted by Crippen LogP contribution is -2.42. The van der Waals surface area contributed by atoms with Gasteiger partial charge < -0.3 is 4.43 Å². The van der Waals surface area contributed by atoms with Crippen molar-refractivity contribution in [3.8, 4) is 0 Å². The summed E-state index contributed by atoms with van der Waals surface area (Å²) in [5.74, 6) is -0.699. The summed E-state index contributed by atoms with van der Waals surface area (Å²) in [5.41, 5.74) is -0.0278. The lowest BCUT2D eigenvalue weighted by atomic mass is 10.2. The average molecular weight is 364 g/mol. The van der Waals surface area contributed by atoms with Gasteiger partial charge in [-0.2, -0.15) is 13.2 Å². The number of thioether (sulfide) groups is 1. The third-order valence-corrected chi connectivity index (χ3v) is 9.00. The maximum Gasteiger partial charge on any atom is 0.461 e. The molecule has 0 aliphatic heterocycles. The zero-order valence-corrected chi connectivity index (χ0v) is 15.4. The van der Waals surface area contributed by atoms with Crippen LogP contribution in [0.2, 0.25) is 18.1 Å².